The Labute approximate surface area is 204 Å². The molecule has 3 heterocycles. The molecule has 0 radical (unpaired) electrons. The van der Waals surface area contributed by atoms with Crippen molar-refractivity contribution in [1.29, 1.82) is 0 Å². The van der Waals surface area contributed by atoms with E-state index in [-0.39, 0.29) is 0 Å². The van der Waals surface area contributed by atoms with Gasteiger partial charge in [-0.05, 0) is 36.8 Å². The number of nitrogens with one attached hydrogen (secondary N) is 2. The molecule has 1 aliphatic heterocycles. The Morgan fingerprint density at radius 1 is 1.06 bits per heavy atom. The van der Waals surface area contributed by atoms with Crippen molar-refractivity contribution in [2.45, 2.75) is 26.1 Å². The Morgan fingerprint density at radius 3 is 2.57 bits per heavy atom. The van der Waals surface area contributed by atoms with Crippen molar-refractivity contribution in [2.75, 3.05) is 46.3 Å². The van der Waals surface area contributed by atoms with Crippen LogP contribution in [0.1, 0.15) is 18.3 Å². The van der Waals surface area contributed by atoms with Crippen LogP contribution < -0.4 is 24.8 Å². The van der Waals surface area contributed by atoms with Crippen LogP contribution in [-0.2, 0) is 13.1 Å². The molecule has 0 saturated carbocycles. The lowest BCUT2D eigenvalue weighted by Crippen LogP contribution is -2.49. The van der Waals surface area contributed by atoms with Crippen molar-refractivity contribution >= 4 is 22.5 Å². The number of aromatic nitrogens is 4. The molecule has 0 unspecified atom stereocenters. The van der Waals surface area contributed by atoms with Crippen LogP contribution in [-0.4, -0.2) is 71.5 Å². The molecular formula is C25H31N7O3. The monoisotopic (exact) mass is 477 g/mol. The second-order valence-electron chi connectivity index (χ2n) is 8.65. The van der Waals surface area contributed by atoms with Crippen LogP contribution in [0.15, 0.2) is 36.4 Å². The molecule has 10 nitrogen and oxygen atoms in total. The van der Waals surface area contributed by atoms with Gasteiger partial charge in [-0.15, -0.1) is 5.10 Å². The molecule has 0 amide bonds. The molecule has 5 rings (SSSR count). The van der Waals surface area contributed by atoms with Crippen LogP contribution in [0.5, 0.6) is 17.2 Å². The van der Waals surface area contributed by atoms with E-state index >= 15 is 0 Å². The average Bonchev–Trinajstić information content (AvgIpc) is 3.32. The first-order valence-corrected chi connectivity index (χ1v) is 11.7. The van der Waals surface area contributed by atoms with Gasteiger partial charge in [0.2, 0.25) is 5.95 Å². The van der Waals surface area contributed by atoms with Gasteiger partial charge in [0, 0.05) is 43.7 Å². The number of rotatable bonds is 8. The normalized spacial score (nSPS) is 16.5. The van der Waals surface area contributed by atoms with Crippen molar-refractivity contribution in [2.24, 2.45) is 0 Å². The molecule has 0 aliphatic carbocycles. The van der Waals surface area contributed by atoms with E-state index < -0.39 is 0 Å². The minimum atomic E-state index is 0.422. The summed E-state index contributed by atoms with van der Waals surface area (Å²) in [6.07, 6.45) is 0. The molecule has 1 atom stereocenters. The standard InChI is InChI=1S/C25H31N7O3/c1-16-13-26-8-9-31(16)15-22-28-24-20-6-5-7-21(35-4)23(20)29-25(32(24)30-22)27-14-17-10-18(33-2)12-19(11-17)34-3/h5-7,10-12,16,26H,8-9,13-15H2,1-4H3,(H,27,29)/t16-/m1/s1. The highest BCUT2D eigenvalue weighted by atomic mass is 16.5. The first-order valence-electron chi connectivity index (χ1n) is 11.7. The van der Waals surface area contributed by atoms with E-state index in [1.165, 1.54) is 0 Å². The summed E-state index contributed by atoms with van der Waals surface area (Å²) in [5.41, 5.74) is 2.48. The number of ether oxygens (including phenoxy) is 3. The second kappa shape index (κ2) is 9.93. The van der Waals surface area contributed by atoms with E-state index in [2.05, 4.69) is 22.5 Å². The summed E-state index contributed by atoms with van der Waals surface area (Å²) in [6.45, 7) is 6.30. The van der Waals surface area contributed by atoms with E-state index in [1.54, 1.807) is 25.8 Å². The zero-order valence-electron chi connectivity index (χ0n) is 20.5. The van der Waals surface area contributed by atoms with Crippen LogP contribution in [0.25, 0.3) is 16.6 Å². The molecule has 1 aliphatic rings. The molecule has 184 valence electrons. The molecule has 2 N–H and O–H groups in total. The van der Waals surface area contributed by atoms with Gasteiger partial charge < -0.3 is 24.8 Å². The second-order valence-corrected chi connectivity index (χ2v) is 8.65. The topological polar surface area (TPSA) is 98.1 Å². The summed E-state index contributed by atoms with van der Waals surface area (Å²) in [4.78, 5) is 12.2. The minimum absolute atomic E-state index is 0.422. The summed E-state index contributed by atoms with van der Waals surface area (Å²) in [5.74, 6) is 3.50. The predicted octanol–water partition coefficient (Wildman–Crippen LogP) is 2.71. The number of piperazine rings is 1. The number of anilines is 1. The third kappa shape index (κ3) is 4.67. The lowest BCUT2D eigenvalue weighted by atomic mass is 10.2. The van der Waals surface area contributed by atoms with Crippen LogP contribution >= 0.6 is 0 Å². The van der Waals surface area contributed by atoms with Gasteiger partial charge in [-0.25, -0.2) is 9.97 Å². The molecule has 1 saturated heterocycles. The van der Waals surface area contributed by atoms with E-state index in [0.717, 1.165) is 59.1 Å². The number of para-hydroxylation sites is 1. The highest BCUT2D eigenvalue weighted by Crippen LogP contribution is 2.29. The molecule has 1 fully saturated rings. The quantitative estimate of drug-likeness (QED) is 0.397. The maximum Gasteiger partial charge on any atom is 0.226 e. The fraction of sp³-hybridized carbons (Fsp3) is 0.400. The number of fused-ring (bicyclic) bond motifs is 3. The van der Waals surface area contributed by atoms with Crippen LogP contribution in [0, 0.1) is 0 Å². The van der Waals surface area contributed by atoms with Gasteiger partial charge in [-0.2, -0.15) is 4.52 Å². The van der Waals surface area contributed by atoms with E-state index in [0.29, 0.717) is 30.8 Å². The van der Waals surface area contributed by atoms with Gasteiger partial charge in [-0.1, -0.05) is 6.07 Å². The fourth-order valence-corrected chi connectivity index (χ4v) is 4.44. The smallest absolute Gasteiger partial charge is 0.226 e. The SMILES string of the molecule is COc1cc(CNc2nc3c(OC)cccc3c3nc(CN4CCNC[C@H]4C)nn23)cc(OC)c1. The third-order valence-corrected chi connectivity index (χ3v) is 6.37. The largest absolute Gasteiger partial charge is 0.497 e. The number of hydrogen-bond donors (Lipinski definition) is 2. The van der Waals surface area contributed by atoms with Crippen LogP contribution in [0.3, 0.4) is 0 Å². The summed E-state index contributed by atoms with van der Waals surface area (Å²) in [7, 11) is 4.93. The van der Waals surface area contributed by atoms with E-state index in [4.69, 9.17) is 29.3 Å². The average molecular weight is 478 g/mol. The van der Waals surface area contributed by atoms with Gasteiger partial charge in [0.05, 0.1) is 27.9 Å². The summed E-state index contributed by atoms with van der Waals surface area (Å²) in [6, 6.07) is 12.1. The lowest BCUT2D eigenvalue weighted by Gasteiger charge is -2.32. The van der Waals surface area contributed by atoms with Crippen LogP contribution in [0.4, 0.5) is 5.95 Å². The third-order valence-electron chi connectivity index (χ3n) is 6.37. The first-order chi connectivity index (χ1) is 17.1. The zero-order chi connectivity index (χ0) is 24.4. The first kappa shape index (κ1) is 23.1. The van der Waals surface area contributed by atoms with E-state index in [9.17, 15) is 0 Å². The molecular weight excluding hydrogens is 446 g/mol. The Kier molecular flexibility index (Phi) is 6.56. The predicted molar refractivity (Wildman–Crippen MR) is 134 cm³/mol. The van der Waals surface area contributed by atoms with Gasteiger partial charge in [0.25, 0.3) is 0 Å². The van der Waals surface area contributed by atoms with Crippen molar-refractivity contribution in [3.8, 4) is 17.2 Å². The summed E-state index contributed by atoms with van der Waals surface area (Å²) >= 11 is 0. The van der Waals surface area contributed by atoms with Gasteiger partial charge in [0.1, 0.15) is 22.8 Å². The number of benzene rings is 2. The maximum atomic E-state index is 5.60. The summed E-state index contributed by atoms with van der Waals surface area (Å²) in [5, 5.41) is 12.6. The van der Waals surface area contributed by atoms with Crippen molar-refractivity contribution in [3.05, 3.63) is 47.8 Å². The van der Waals surface area contributed by atoms with Crippen molar-refractivity contribution < 1.29 is 14.2 Å². The van der Waals surface area contributed by atoms with E-state index in [1.807, 2.05) is 36.4 Å². The molecule has 4 aromatic rings. The maximum absolute atomic E-state index is 5.60. The molecule has 0 bridgehead atoms. The number of methoxy groups -OCH3 is 3. The Morgan fingerprint density at radius 2 is 1.86 bits per heavy atom. The van der Waals surface area contributed by atoms with Gasteiger partial charge >= 0.3 is 0 Å². The van der Waals surface area contributed by atoms with Crippen molar-refractivity contribution in [3.63, 3.8) is 0 Å². The Hall–Kier alpha value is -3.63. The highest BCUT2D eigenvalue weighted by Gasteiger charge is 2.21. The molecule has 10 heteroatoms. The number of hydrogen-bond acceptors (Lipinski definition) is 9. The molecule has 35 heavy (non-hydrogen) atoms. The fourth-order valence-electron chi connectivity index (χ4n) is 4.44. The Balaban J connectivity index is 1.54. The molecule has 0 spiro atoms. The van der Waals surface area contributed by atoms with Gasteiger partial charge in [-0.3, -0.25) is 4.90 Å². The highest BCUT2D eigenvalue weighted by molar-refractivity contribution is 5.95. The number of nitrogens with zero attached hydrogens (tertiary/aromatic N) is 5. The van der Waals surface area contributed by atoms with Gasteiger partial charge in [0.15, 0.2) is 11.5 Å². The zero-order valence-corrected chi connectivity index (χ0v) is 20.5. The molecule has 2 aromatic heterocycles. The van der Waals surface area contributed by atoms with Crippen LogP contribution in [0.2, 0.25) is 0 Å². The van der Waals surface area contributed by atoms with Crippen molar-refractivity contribution in [1.82, 2.24) is 29.8 Å². The molecule has 2 aromatic carbocycles. The summed E-state index contributed by atoms with van der Waals surface area (Å²) < 4.78 is 18.2. The Bertz CT molecular complexity index is 1320. The minimum Gasteiger partial charge on any atom is -0.497 e. The lowest BCUT2D eigenvalue weighted by molar-refractivity contribution is 0.162.